The molecule has 0 radical (unpaired) electrons. The lowest BCUT2D eigenvalue weighted by Crippen LogP contribution is -2.41. The van der Waals surface area contributed by atoms with E-state index >= 15 is 0 Å². The van der Waals surface area contributed by atoms with Crippen LogP contribution in [0.1, 0.15) is 25.7 Å². The molecule has 2 fully saturated rings. The fourth-order valence-corrected chi connectivity index (χ4v) is 1.92. The molecule has 0 spiro atoms. The Morgan fingerprint density at radius 1 is 1.21 bits per heavy atom. The third-order valence-corrected chi connectivity index (χ3v) is 3.02. The number of carbonyl (C=O) groups is 1. The highest BCUT2D eigenvalue weighted by molar-refractivity contribution is 5.68. The van der Waals surface area contributed by atoms with Crippen LogP contribution in [0.15, 0.2) is 0 Å². The van der Waals surface area contributed by atoms with E-state index in [9.17, 15) is 4.79 Å². The second-order valence-corrected chi connectivity index (χ2v) is 4.03. The van der Waals surface area contributed by atoms with E-state index < -0.39 is 0 Å². The summed E-state index contributed by atoms with van der Waals surface area (Å²) in [5, 5.41) is 0. The molecule has 1 saturated carbocycles. The van der Waals surface area contributed by atoms with Crippen molar-refractivity contribution in [2.75, 3.05) is 20.2 Å². The molecule has 4 heteroatoms. The molecule has 2 rings (SSSR count). The molecule has 0 unspecified atom stereocenters. The van der Waals surface area contributed by atoms with Crippen molar-refractivity contribution in [2.45, 2.75) is 37.9 Å². The number of likely N-dealkylation sites (tertiary alicyclic amines) is 1. The highest BCUT2D eigenvalue weighted by Gasteiger charge is 2.33. The summed E-state index contributed by atoms with van der Waals surface area (Å²) in [7, 11) is 1.70. The molecule has 0 aromatic carbocycles. The Labute approximate surface area is 84.2 Å². The predicted octanol–water partition coefficient (Wildman–Crippen LogP) is 1.40. The average Bonchev–Trinajstić information content (AvgIpc) is 2.62. The van der Waals surface area contributed by atoms with Gasteiger partial charge in [-0.15, -0.1) is 0 Å². The van der Waals surface area contributed by atoms with Gasteiger partial charge in [-0.25, -0.2) is 4.79 Å². The fraction of sp³-hybridized carbons (Fsp3) is 0.900. The maximum absolute atomic E-state index is 11.5. The molecule has 1 aliphatic heterocycles. The quantitative estimate of drug-likeness (QED) is 0.674. The fourth-order valence-electron chi connectivity index (χ4n) is 1.92. The van der Waals surface area contributed by atoms with Gasteiger partial charge in [-0.05, 0) is 12.8 Å². The topological polar surface area (TPSA) is 38.8 Å². The molecule has 0 aromatic rings. The average molecular weight is 199 g/mol. The zero-order chi connectivity index (χ0) is 9.97. The van der Waals surface area contributed by atoms with E-state index in [1.54, 1.807) is 12.0 Å². The summed E-state index contributed by atoms with van der Waals surface area (Å²) >= 11 is 0. The predicted molar refractivity (Wildman–Crippen MR) is 51.1 cm³/mol. The van der Waals surface area contributed by atoms with Gasteiger partial charge in [0.15, 0.2) is 0 Å². The summed E-state index contributed by atoms with van der Waals surface area (Å²) in [6, 6.07) is 0. The number of hydrogen-bond donors (Lipinski definition) is 0. The molecule has 1 aliphatic carbocycles. The van der Waals surface area contributed by atoms with Crippen molar-refractivity contribution in [1.29, 1.82) is 0 Å². The summed E-state index contributed by atoms with van der Waals surface area (Å²) in [6.07, 6.45) is 4.19. The summed E-state index contributed by atoms with van der Waals surface area (Å²) in [4.78, 5) is 13.3. The van der Waals surface area contributed by atoms with Gasteiger partial charge in [0.1, 0.15) is 6.10 Å². The second kappa shape index (κ2) is 4.17. The minimum absolute atomic E-state index is 0.0908. The van der Waals surface area contributed by atoms with Crippen LogP contribution >= 0.6 is 0 Å². The van der Waals surface area contributed by atoms with Gasteiger partial charge in [0.2, 0.25) is 0 Å². The molecule has 0 bridgehead atoms. The van der Waals surface area contributed by atoms with Crippen molar-refractivity contribution in [3.63, 3.8) is 0 Å². The van der Waals surface area contributed by atoms with Gasteiger partial charge < -0.3 is 14.4 Å². The highest BCUT2D eigenvalue weighted by atomic mass is 16.6. The Morgan fingerprint density at radius 2 is 1.86 bits per heavy atom. The number of ether oxygens (including phenoxy) is 2. The Kier molecular flexibility index (Phi) is 2.91. The van der Waals surface area contributed by atoms with Crippen molar-refractivity contribution < 1.29 is 14.3 Å². The largest absolute Gasteiger partial charge is 0.446 e. The highest BCUT2D eigenvalue weighted by Crippen LogP contribution is 2.26. The van der Waals surface area contributed by atoms with Crippen molar-refractivity contribution in [1.82, 2.24) is 4.90 Å². The first-order chi connectivity index (χ1) is 6.79. The molecular weight excluding hydrogens is 182 g/mol. The summed E-state index contributed by atoms with van der Waals surface area (Å²) in [5.41, 5.74) is 0. The lowest BCUT2D eigenvalue weighted by atomic mass is 9.92. The molecule has 0 N–H and O–H groups in total. The van der Waals surface area contributed by atoms with Crippen LogP contribution in [0.4, 0.5) is 4.79 Å². The second-order valence-electron chi connectivity index (χ2n) is 4.03. The van der Waals surface area contributed by atoms with E-state index in [1.807, 2.05) is 0 Å². The normalized spacial score (nSPS) is 31.4. The molecule has 14 heavy (non-hydrogen) atoms. The van der Waals surface area contributed by atoms with E-state index in [1.165, 1.54) is 0 Å². The summed E-state index contributed by atoms with van der Waals surface area (Å²) in [6.45, 7) is 1.72. The first-order valence-electron chi connectivity index (χ1n) is 5.28. The van der Waals surface area contributed by atoms with Crippen molar-refractivity contribution in [2.24, 2.45) is 0 Å². The first-order valence-corrected chi connectivity index (χ1v) is 5.28. The molecule has 1 heterocycles. The van der Waals surface area contributed by atoms with Crippen molar-refractivity contribution in [3.05, 3.63) is 0 Å². The van der Waals surface area contributed by atoms with E-state index in [0.717, 1.165) is 38.8 Å². The van der Waals surface area contributed by atoms with Gasteiger partial charge in [0.05, 0.1) is 6.10 Å². The third-order valence-electron chi connectivity index (χ3n) is 3.02. The molecule has 80 valence electrons. The van der Waals surface area contributed by atoms with Crippen molar-refractivity contribution in [3.8, 4) is 0 Å². The SMILES string of the molecule is COC1CC(OC(=O)N2CCCC2)C1. The molecule has 1 saturated heterocycles. The van der Waals surface area contributed by atoms with Gasteiger partial charge in [0.25, 0.3) is 0 Å². The minimum atomic E-state index is -0.137. The Balaban J connectivity index is 1.68. The first kappa shape index (κ1) is 9.77. The maximum Gasteiger partial charge on any atom is 0.410 e. The monoisotopic (exact) mass is 199 g/mol. The number of amides is 1. The maximum atomic E-state index is 11.5. The number of hydrogen-bond acceptors (Lipinski definition) is 3. The molecule has 4 nitrogen and oxygen atoms in total. The lowest BCUT2D eigenvalue weighted by Gasteiger charge is -2.34. The number of nitrogens with zero attached hydrogens (tertiary/aromatic N) is 1. The van der Waals surface area contributed by atoms with E-state index in [-0.39, 0.29) is 12.2 Å². The molecule has 1 amide bonds. The molecule has 2 aliphatic rings. The zero-order valence-corrected chi connectivity index (χ0v) is 8.57. The Hall–Kier alpha value is -0.770. The van der Waals surface area contributed by atoms with Crippen LogP contribution in [0.3, 0.4) is 0 Å². The minimum Gasteiger partial charge on any atom is -0.446 e. The van der Waals surface area contributed by atoms with Gasteiger partial charge in [-0.1, -0.05) is 0 Å². The molecule has 0 aromatic heterocycles. The smallest absolute Gasteiger partial charge is 0.410 e. The van der Waals surface area contributed by atoms with Crippen LogP contribution in [0.2, 0.25) is 0 Å². The van der Waals surface area contributed by atoms with Crippen molar-refractivity contribution >= 4 is 6.09 Å². The van der Waals surface area contributed by atoms with Crippen LogP contribution < -0.4 is 0 Å². The van der Waals surface area contributed by atoms with Crippen LogP contribution in [-0.2, 0) is 9.47 Å². The molecular formula is C10H17NO3. The van der Waals surface area contributed by atoms with Crippen LogP contribution in [0.25, 0.3) is 0 Å². The number of rotatable bonds is 2. The van der Waals surface area contributed by atoms with Crippen LogP contribution in [-0.4, -0.2) is 43.4 Å². The Morgan fingerprint density at radius 3 is 2.43 bits per heavy atom. The van der Waals surface area contributed by atoms with Gasteiger partial charge in [-0.2, -0.15) is 0 Å². The third kappa shape index (κ3) is 2.00. The van der Waals surface area contributed by atoms with E-state index in [4.69, 9.17) is 9.47 Å². The van der Waals surface area contributed by atoms with Gasteiger partial charge in [-0.3, -0.25) is 0 Å². The van der Waals surface area contributed by atoms with Gasteiger partial charge >= 0.3 is 6.09 Å². The van der Waals surface area contributed by atoms with Gasteiger partial charge in [0, 0.05) is 33.0 Å². The summed E-state index contributed by atoms with van der Waals surface area (Å²) < 4.78 is 10.4. The van der Waals surface area contributed by atoms with E-state index in [0.29, 0.717) is 6.10 Å². The standard InChI is InChI=1S/C10H17NO3/c1-13-8-6-9(7-8)14-10(12)11-4-2-3-5-11/h8-9H,2-7H2,1H3. The van der Waals surface area contributed by atoms with Crippen LogP contribution in [0, 0.1) is 0 Å². The van der Waals surface area contributed by atoms with E-state index in [2.05, 4.69) is 0 Å². The van der Waals surface area contributed by atoms with Crippen LogP contribution in [0.5, 0.6) is 0 Å². The zero-order valence-electron chi connectivity index (χ0n) is 8.57. The Bertz CT molecular complexity index is 207. The number of methoxy groups -OCH3 is 1. The molecule has 0 atom stereocenters. The number of carbonyl (C=O) groups excluding carboxylic acids is 1. The summed E-state index contributed by atoms with van der Waals surface area (Å²) in [5.74, 6) is 0. The lowest BCUT2D eigenvalue weighted by molar-refractivity contribution is -0.0627.